The highest BCUT2D eigenvalue weighted by atomic mass is 32.2. The highest BCUT2D eigenvalue weighted by Crippen LogP contribution is 2.42. The van der Waals surface area contributed by atoms with Gasteiger partial charge in [-0.15, -0.1) is 23.5 Å². The van der Waals surface area contributed by atoms with Gasteiger partial charge in [0.1, 0.15) is 23.2 Å². The van der Waals surface area contributed by atoms with Crippen molar-refractivity contribution in [2.45, 2.75) is 27.2 Å². The number of nitrogens with zero attached hydrogens (tertiary/aromatic N) is 2. The number of fused-ring (bicyclic) bond motifs is 1. The molecule has 254 valence electrons. The first-order valence-corrected chi connectivity index (χ1v) is 18.1. The summed E-state index contributed by atoms with van der Waals surface area (Å²) in [5, 5.41) is 14.5. The van der Waals surface area contributed by atoms with Crippen LogP contribution in [0.4, 0.5) is 4.79 Å². The normalized spacial score (nSPS) is 17.9. The van der Waals surface area contributed by atoms with Gasteiger partial charge in [-0.05, 0) is 47.0 Å². The summed E-state index contributed by atoms with van der Waals surface area (Å²) in [5.41, 5.74) is 1.41. The third-order valence-corrected chi connectivity index (χ3v) is 10.9. The van der Waals surface area contributed by atoms with Crippen molar-refractivity contribution in [1.29, 1.82) is 0 Å². The van der Waals surface area contributed by atoms with Crippen molar-refractivity contribution in [3.05, 3.63) is 113 Å². The maximum Gasteiger partial charge on any atom is 0.352 e. The fourth-order valence-corrected chi connectivity index (χ4v) is 7.88. The highest BCUT2D eigenvalue weighted by Gasteiger charge is 2.54. The van der Waals surface area contributed by atoms with E-state index in [-0.39, 0.29) is 22.1 Å². The smallest absolute Gasteiger partial charge is 0.352 e. The Balaban J connectivity index is 1.26. The van der Waals surface area contributed by atoms with Crippen LogP contribution in [0, 0.1) is 0 Å². The van der Waals surface area contributed by atoms with E-state index >= 15 is 0 Å². The van der Waals surface area contributed by atoms with Crippen LogP contribution in [0.5, 0.6) is 0 Å². The Hall–Kier alpha value is -4.90. The molecule has 2 heterocycles. The van der Waals surface area contributed by atoms with Gasteiger partial charge >= 0.3 is 12.0 Å². The summed E-state index contributed by atoms with van der Waals surface area (Å²) in [6.07, 6.45) is 2.78. The quantitative estimate of drug-likeness (QED) is 0.0983. The maximum atomic E-state index is 13.6. The van der Waals surface area contributed by atoms with Crippen LogP contribution >= 0.6 is 23.5 Å². The van der Waals surface area contributed by atoms with Crippen molar-refractivity contribution in [1.82, 2.24) is 20.4 Å². The average Bonchev–Trinajstić information content (AvgIpc) is 3.10. The zero-order valence-corrected chi connectivity index (χ0v) is 28.2. The van der Waals surface area contributed by atoms with Crippen LogP contribution in [0.2, 0.25) is 0 Å². The van der Waals surface area contributed by atoms with Gasteiger partial charge in [0, 0.05) is 29.5 Å². The predicted molar refractivity (Wildman–Crippen MR) is 183 cm³/mol. The lowest BCUT2D eigenvalue weighted by atomic mass is 10.0. The second kappa shape index (κ2) is 15.1. The first kappa shape index (κ1) is 35.4. The molecule has 2 aliphatic rings. The topological polar surface area (TPSA) is 190 Å². The first-order valence-electron chi connectivity index (χ1n) is 14.6. The second-order valence-electron chi connectivity index (χ2n) is 10.8. The summed E-state index contributed by atoms with van der Waals surface area (Å²) < 4.78 is 31.8. The Labute approximate surface area is 290 Å². The number of carbonyl (C=O) groups is 5. The SMILES string of the molecule is CN(C(=O)C=Cc1ccccc1)C(=O)NC(C(=O)NC1C(=O)N2C(C(=O)O)=C(CSc3ccc(S(=O)(=O)O)cc3)CS[C@@H]12)c1ccccc1. The first-order chi connectivity index (χ1) is 23.3. The molecule has 2 unspecified atom stereocenters. The maximum absolute atomic E-state index is 13.6. The minimum atomic E-state index is -4.36. The van der Waals surface area contributed by atoms with E-state index in [9.17, 15) is 42.0 Å². The number of benzene rings is 3. The zero-order chi connectivity index (χ0) is 35.3. The molecule has 0 spiro atoms. The molecule has 3 aromatic carbocycles. The van der Waals surface area contributed by atoms with Crippen molar-refractivity contribution in [2.24, 2.45) is 0 Å². The molecule has 0 aliphatic carbocycles. The zero-order valence-electron chi connectivity index (χ0n) is 25.8. The Morgan fingerprint density at radius 1 is 1.02 bits per heavy atom. The number of rotatable bonds is 11. The summed E-state index contributed by atoms with van der Waals surface area (Å²) in [7, 11) is -3.09. The number of likely N-dealkylation sites (N-methyl/N-ethyl adjacent to an activating group) is 1. The van der Waals surface area contributed by atoms with Gasteiger partial charge in [0.05, 0.1) is 4.90 Å². The molecule has 2 aliphatic heterocycles. The minimum absolute atomic E-state index is 0.183. The molecule has 0 radical (unpaired) electrons. The summed E-state index contributed by atoms with van der Waals surface area (Å²) in [4.78, 5) is 67.4. The number of imide groups is 1. The number of hydrogen-bond donors (Lipinski definition) is 4. The van der Waals surface area contributed by atoms with Gasteiger partial charge in [0.25, 0.3) is 21.9 Å². The van der Waals surface area contributed by atoms with Crippen LogP contribution in [0.15, 0.2) is 112 Å². The van der Waals surface area contributed by atoms with E-state index in [1.54, 1.807) is 60.7 Å². The second-order valence-corrected chi connectivity index (χ2v) is 14.4. The number of hydrogen-bond acceptors (Lipinski definition) is 9. The molecule has 13 nitrogen and oxygen atoms in total. The third kappa shape index (κ3) is 8.22. The average molecular weight is 723 g/mol. The van der Waals surface area contributed by atoms with Crippen LogP contribution in [0.1, 0.15) is 17.2 Å². The van der Waals surface area contributed by atoms with Crippen molar-refractivity contribution in [3.8, 4) is 0 Å². The van der Waals surface area contributed by atoms with Crippen LogP contribution in [0.3, 0.4) is 0 Å². The van der Waals surface area contributed by atoms with Gasteiger partial charge in [-0.25, -0.2) is 9.59 Å². The van der Waals surface area contributed by atoms with Gasteiger partial charge in [0.2, 0.25) is 5.91 Å². The summed E-state index contributed by atoms with van der Waals surface area (Å²) in [5.74, 6) is -2.89. The number of carboxylic acid groups (broad SMARTS) is 1. The minimum Gasteiger partial charge on any atom is -0.477 e. The fourth-order valence-electron chi connectivity index (χ4n) is 5.02. The Bertz CT molecular complexity index is 1940. The molecule has 0 aromatic heterocycles. The fraction of sp³-hybridized carbons (Fsp3) is 0.182. The third-order valence-electron chi connectivity index (χ3n) is 7.60. The van der Waals surface area contributed by atoms with E-state index in [1.165, 1.54) is 60.9 Å². The van der Waals surface area contributed by atoms with Gasteiger partial charge in [-0.1, -0.05) is 60.7 Å². The molecule has 5 rings (SSSR count). The number of aliphatic carboxylic acids is 1. The molecule has 0 saturated carbocycles. The lowest BCUT2D eigenvalue weighted by molar-refractivity contribution is -0.151. The number of carboxylic acids is 1. The van der Waals surface area contributed by atoms with Crippen LogP contribution in [-0.2, 0) is 29.3 Å². The molecule has 1 fully saturated rings. The number of urea groups is 1. The summed E-state index contributed by atoms with van der Waals surface area (Å²) in [6, 6.07) is 19.5. The molecular formula is C33H30N4O9S3. The Kier molecular flexibility index (Phi) is 10.9. The Morgan fingerprint density at radius 2 is 1.65 bits per heavy atom. The van der Waals surface area contributed by atoms with Crippen LogP contribution in [0.25, 0.3) is 6.08 Å². The molecule has 49 heavy (non-hydrogen) atoms. The molecule has 0 bridgehead atoms. The van der Waals surface area contributed by atoms with Crippen molar-refractivity contribution < 1.29 is 42.0 Å². The number of amides is 5. The number of nitrogens with one attached hydrogen (secondary N) is 2. The molecule has 1 saturated heterocycles. The van der Waals surface area contributed by atoms with Crippen molar-refractivity contribution in [2.75, 3.05) is 18.6 Å². The summed E-state index contributed by atoms with van der Waals surface area (Å²) >= 11 is 2.50. The number of thioether (sulfide) groups is 2. The molecular weight excluding hydrogens is 693 g/mol. The number of β-lactam (4-membered cyclic amide) rings is 1. The predicted octanol–water partition coefficient (Wildman–Crippen LogP) is 3.39. The molecule has 3 aromatic rings. The van der Waals surface area contributed by atoms with E-state index in [0.717, 1.165) is 15.4 Å². The van der Waals surface area contributed by atoms with Crippen LogP contribution in [-0.4, -0.2) is 87.6 Å². The van der Waals surface area contributed by atoms with Gasteiger partial charge in [0.15, 0.2) is 0 Å². The van der Waals surface area contributed by atoms with Gasteiger partial charge in [-0.3, -0.25) is 28.7 Å². The van der Waals surface area contributed by atoms with Crippen LogP contribution < -0.4 is 10.6 Å². The van der Waals surface area contributed by atoms with Gasteiger partial charge in [-0.2, -0.15) is 8.42 Å². The molecule has 16 heteroatoms. The highest BCUT2D eigenvalue weighted by molar-refractivity contribution is 8.01. The summed E-state index contributed by atoms with van der Waals surface area (Å²) in [6.45, 7) is 0. The Morgan fingerprint density at radius 3 is 2.27 bits per heavy atom. The van der Waals surface area contributed by atoms with Gasteiger partial charge < -0.3 is 15.7 Å². The van der Waals surface area contributed by atoms with E-state index in [1.807, 2.05) is 6.07 Å². The van der Waals surface area contributed by atoms with E-state index < -0.39 is 57.3 Å². The van der Waals surface area contributed by atoms with E-state index in [2.05, 4.69) is 10.6 Å². The lowest BCUT2D eigenvalue weighted by Crippen LogP contribution is -2.71. The lowest BCUT2D eigenvalue weighted by Gasteiger charge is -2.49. The van der Waals surface area contributed by atoms with E-state index in [0.29, 0.717) is 16.0 Å². The standard InChI is InChI=1S/C33H30N4O9S3/c1-36(25(38)17-12-20-8-4-2-5-9-20)33(43)35-26(21-10-6-3-7-11-21)29(39)34-27-30(40)37-28(32(41)42)22(19-48-31(27)37)18-47-23-13-15-24(16-14-23)49(44,45)46/h2-17,26-27,31H,18-19H2,1H3,(H,34,39)(H,35,43)(H,41,42)(H,44,45,46)/t26?,27?,31-/m0/s1. The molecule has 5 amide bonds. The molecule has 4 N–H and O–H groups in total. The monoisotopic (exact) mass is 722 g/mol. The van der Waals surface area contributed by atoms with Crippen molar-refractivity contribution in [3.63, 3.8) is 0 Å². The molecule has 3 atom stereocenters. The van der Waals surface area contributed by atoms with E-state index in [4.69, 9.17) is 0 Å². The van der Waals surface area contributed by atoms with Crippen molar-refractivity contribution >= 4 is 69.4 Å². The number of carbonyl (C=O) groups excluding carboxylic acids is 4. The largest absolute Gasteiger partial charge is 0.477 e.